The summed E-state index contributed by atoms with van der Waals surface area (Å²) in [7, 11) is 1.85. The fourth-order valence-corrected chi connectivity index (χ4v) is 4.12. The molecule has 0 unspecified atom stereocenters. The molecule has 0 saturated carbocycles. The lowest BCUT2D eigenvalue weighted by atomic mass is 10.0. The second-order valence-corrected chi connectivity index (χ2v) is 7.85. The number of rotatable bonds is 4. The van der Waals surface area contributed by atoms with Crippen molar-refractivity contribution in [2.24, 2.45) is 0 Å². The minimum absolute atomic E-state index is 0.127. The molecule has 1 N–H and O–H groups in total. The first-order valence-corrected chi connectivity index (χ1v) is 10.1. The standard InChI is InChI=1S/C25H27N3O/c1-17(2)28-18(3)25(29)27(4)23-14-13-22(16-24(23)28)26-21-12-8-11-20(15-21)19-9-6-5-7-10-19/h5-18,26H,1-4H3/t18-/m1/s1. The third kappa shape index (κ3) is 3.58. The van der Waals surface area contributed by atoms with E-state index in [9.17, 15) is 4.79 Å². The average Bonchev–Trinajstić information content (AvgIpc) is 2.73. The Hall–Kier alpha value is -3.27. The van der Waals surface area contributed by atoms with Crippen molar-refractivity contribution >= 4 is 28.7 Å². The zero-order valence-corrected chi connectivity index (χ0v) is 17.4. The average molecular weight is 386 g/mol. The van der Waals surface area contributed by atoms with Crippen LogP contribution in [0.3, 0.4) is 0 Å². The summed E-state index contributed by atoms with van der Waals surface area (Å²) in [5, 5.41) is 3.53. The number of amides is 1. The highest BCUT2D eigenvalue weighted by Gasteiger charge is 2.34. The second-order valence-electron chi connectivity index (χ2n) is 7.85. The molecule has 4 nitrogen and oxygen atoms in total. The van der Waals surface area contributed by atoms with Crippen molar-refractivity contribution in [3.8, 4) is 11.1 Å². The molecule has 0 spiro atoms. The van der Waals surface area contributed by atoms with Crippen LogP contribution in [-0.2, 0) is 4.79 Å². The van der Waals surface area contributed by atoms with Crippen molar-refractivity contribution in [1.29, 1.82) is 0 Å². The molecular weight excluding hydrogens is 358 g/mol. The van der Waals surface area contributed by atoms with E-state index in [4.69, 9.17) is 0 Å². The Morgan fingerprint density at radius 3 is 2.24 bits per heavy atom. The molecule has 1 aliphatic heterocycles. The van der Waals surface area contributed by atoms with E-state index in [1.54, 1.807) is 4.90 Å². The molecule has 29 heavy (non-hydrogen) atoms. The van der Waals surface area contributed by atoms with Crippen LogP contribution in [0.5, 0.6) is 0 Å². The van der Waals surface area contributed by atoms with Gasteiger partial charge in [0.1, 0.15) is 6.04 Å². The van der Waals surface area contributed by atoms with Crippen LogP contribution in [0.1, 0.15) is 20.8 Å². The van der Waals surface area contributed by atoms with Crippen molar-refractivity contribution in [1.82, 2.24) is 0 Å². The lowest BCUT2D eigenvalue weighted by Gasteiger charge is -2.42. The SMILES string of the molecule is CC(C)N1c2cc(Nc3cccc(-c4ccccc4)c3)ccc2N(C)C(=O)[C@H]1C. The molecule has 0 fully saturated rings. The van der Waals surface area contributed by atoms with Crippen LogP contribution in [0.15, 0.2) is 72.8 Å². The predicted octanol–water partition coefficient (Wildman–Crippen LogP) is 5.68. The third-order valence-corrected chi connectivity index (χ3v) is 5.53. The number of nitrogens with one attached hydrogen (secondary N) is 1. The highest BCUT2D eigenvalue weighted by atomic mass is 16.2. The number of likely N-dealkylation sites (N-methyl/N-ethyl adjacent to an activating group) is 1. The maximum Gasteiger partial charge on any atom is 0.249 e. The van der Waals surface area contributed by atoms with Gasteiger partial charge in [-0.25, -0.2) is 0 Å². The fourth-order valence-electron chi connectivity index (χ4n) is 4.12. The van der Waals surface area contributed by atoms with Crippen LogP contribution >= 0.6 is 0 Å². The van der Waals surface area contributed by atoms with Crippen molar-refractivity contribution in [3.05, 3.63) is 72.8 Å². The number of carbonyl (C=O) groups is 1. The molecule has 0 bridgehead atoms. The maximum absolute atomic E-state index is 12.6. The van der Waals surface area contributed by atoms with Gasteiger partial charge in [0.05, 0.1) is 11.4 Å². The number of anilines is 4. The number of hydrogen-bond donors (Lipinski definition) is 1. The lowest BCUT2D eigenvalue weighted by molar-refractivity contribution is -0.119. The predicted molar refractivity (Wildman–Crippen MR) is 122 cm³/mol. The minimum atomic E-state index is -0.177. The van der Waals surface area contributed by atoms with Gasteiger partial charge in [0.25, 0.3) is 0 Å². The molecule has 1 atom stereocenters. The molecule has 4 rings (SSSR count). The summed E-state index contributed by atoms with van der Waals surface area (Å²) in [6.45, 7) is 6.23. The molecule has 1 heterocycles. The number of carbonyl (C=O) groups excluding carboxylic acids is 1. The van der Waals surface area contributed by atoms with Crippen molar-refractivity contribution < 1.29 is 4.79 Å². The van der Waals surface area contributed by atoms with Gasteiger partial charge < -0.3 is 15.1 Å². The summed E-state index contributed by atoms with van der Waals surface area (Å²) >= 11 is 0. The van der Waals surface area contributed by atoms with Crippen LogP contribution in [0.2, 0.25) is 0 Å². The van der Waals surface area contributed by atoms with Crippen molar-refractivity contribution in [2.75, 3.05) is 22.2 Å². The summed E-state index contributed by atoms with van der Waals surface area (Å²) < 4.78 is 0. The largest absolute Gasteiger partial charge is 0.356 e. The summed E-state index contributed by atoms with van der Waals surface area (Å²) in [6, 6.07) is 25.1. The van der Waals surface area contributed by atoms with Crippen molar-refractivity contribution in [3.63, 3.8) is 0 Å². The lowest BCUT2D eigenvalue weighted by Crippen LogP contribution is -2.53. The van der Waals surface area contributed by atoms with Gasteiger partial charge in [-0.3, -0.25) is 4.79 Å². The van der Waals surface area contributed by atoms with E-state index in [2.05, 4.69) is 78.7 Å². The molecular formula is C25H27N3O. The van der Waals surface area contributed by atoms with Crippen LogP contribution in [0.25, 0.3) is 11.1 Å². The monoisotopic (exact) mass is 385 g/mol. The highest BCUT2D eigenvalue weighted by Crippen LogP contribution is 2.39. The molecule has 0 aromatic heterocycles. The smallest absolute Gasteiger partial charge is 0.249 e. The van der Waals surface area contributed by atoms with Crippen LogP contribution in [0, 0.1) is 0 Å². The summed E-state index contributed by atoms with van der Waals surface area (Å²) in [4.78, 5) is 16.6. The van der Waals surface area contributed by atoms with Crippen molar-refractivity contribution in [2.45, 2.75) is 32.9 Å². The van der Waals surface area contributed by atoms with Gasteiger partial charge in [0, 0.05) is 24.5 Å². The Morgan fingerprint density at radius 1 is 0.828 bits per heavy atom. The van der Waals surface area contributed by atoms with E-state index in [1.165, 1.54) is 11.1 Å². The Bertz CT molecular complexity index is 1030. The Balaban J connectivity index is 1.67. The third-order valence-electron chi connectivity index (χ3n) is 5.53. The van der Waals surface area contributed by atoms with Gasteiger partial charge in [-0.15, -0.1) is 0 Å². The zero-order chi connectivity index (χ0) is 20.5. The van der Waals surface area contributed by atoms with Gasteiger partial charge >= 0.3 is 0 Å². The van der Waals surface area contributed by atoms with Gasteiger partial charge in [-0.05, 0) is 62.2 Å². The molecule has 3 aromatic carbocycles. The Labute approximate surface area is 172 Å². The van der Waals surface area contributed by atoms with E-state index < -0.39 is 0 Å². The maximum atomic E-state index is 12.6. The molecule has 1 aliphatic rings. The number of hydrogen-bond acceptors (Lipinski definition) is 3. The van der Waals surface area contributed by atoms with E-state index in [0.717, 1.165) is 22.7 Å². The van der Waals surface area contributed by atoms with Gasteiger partial charge in [0.15, 0.2) is 0 Å². The number of fused-ring (bicyclic) bond motifs is 1. The molecule has 3 aromatic rings. The molecule has 1 amide bonds. The van der Waals surface area contributed by atoms with Gasteiger partial charge in [0.2, 0.25) is 5.91 Å². The minimum Gasteiger partial charge on any atom is -0.356 e. The molecule has 148 valence electrons. The first-order chi connectivity index (χ1) is 14.0. The zero-order valence-electron chi connectivity index (χ0n) is 17.4. The molecule has 0 aliphatic carbocycles. The first kappa shape index (κ1) is 19.1. The summed E-state index contributed by atoms with van der Waals surface area (Å²) in [6.07, 6.45) is 0. The van der Waals surface area contributed by atoms with E-state index in [-0.39, 0.29) is 18.0 Å². The molecule has 0 radical (unpaired) electrons. The summed E-state index contributed by atoms with van der Waals surface area (Å²) in [5.41, 5.74) is 6.45. The Kier molecular flexibility index (Phi) is 5.01. The van der Waals surface area contributed by atoms with Crippen LogP contribution in [-0.4, -0.2) is 25.0 Å². The first-order valence-electron chi connectivity index (χ1n) is 10.1. The topological polar surface area (TPSA) is 35.6 Å². The Morgan fingerprint density at radius 2 is 1.52 bits per heavy atom. The van der Waals surface area contributed by atoms with Gasteiger partial charge in [-0.2, -0.15) is 0 Å². The highest BCUT2D eigenvalue weighted by molar-refractivity contribution is 6.05. The van der Waals surface area contributed by atoms with E-state index >= 15 is 0 Å². The normalized spacial score (nSPS) is 16.2. The number of nitrogens with zero attached hydrogens (tertiary/aromatic N) is 2. The fraction of sp³-hybridized carbons (Fsp3) is 0.240. The van der Waals surface area contributed by atoms with Crippen LogP contribution < -0.4 is 15.1 Å². The molecule has 0 saturated heterocycles. The van der Waals surface area contributed by atoms with Gasteiger partial charge in [-0.1, -0.05) is 42.5 Å². The molecule has 4 heteroatoms. The summed E-state index contributed by atoms with van der Waals surface area (Å²) in [5.74, 6) is 0.127. The van der Waals surface area contributed by atoms with Crippen LogP contribution in [0.4, 0.5) is 22.7 Å². The number of benzene rings is 3. The van der Waals surface area contributed by atoms with E-state index in [1.807, 2.05) is 32.2 Å². The van der Waals surface area contributed by atoms with E-state index in [0.29, 0.717) is 0 Å². The second kappa shape index (κ2) is 7.63. The quantitative estimate of drug-likeness (QED) is 0.628.